The SMILES string of the molecule is O=C(Cn1nnc2ccccc21)Nc1ccccc1OC(F)F. The second-order valence-electron chi connectivity index (χ2n) is 4.66. The van der Waals surface area contributed by atoms with Crippen molar-refractivity contribution in [3.8, 4) is 5.75 Å². The number of carbonyl (C=O) groups is 1. The average Bonchev–Trinajstić information content (AvgIpc) is 2.92. The highest BCUT2D eigenvalue weighted by molar-refractivity contribution is 5.92. The normalized spacial score (nSPS) is 10.9. The number of fused-ring (bicyclic) bond motifs is 1. The number of aromatic nitrogens is 3. The van der Waals surface area contributed by atoms with E-state index in [4.69, 9.17) is 0 Å². The largest absolute Gasteiger partial charge is 0.433 e. The molecule has 1 heterocycles. The quantitative estimate of drug-likeness (QED) is 0.785. The lowest BCUT2D eigenvalue weighted by Crippen LogP contribution is -2.20. The number of nitrogens with zero attached hydrogens (tertiary/aromatic N) is 3. The fraction of sp³-hybridized carbons (Fsp3) is 0.133. The van der Waals surface area contributed by atoms with Gasteiger partial charge in [-0.05, 0) is 24.3 Å². The molecule has 1 amide bonds. The van der Waals surface area contributed by atoms with Crippen molar-refractivity contribution in [2.75, 3.05) is 5.32 Å². The van der Waals surface area contributed by atoms with Gasteiger partial charge in [0, 0.05) is 0 Å². The molecule has 0 aliphatic rings. The number of amides is 1. The number of rotatable bonds is 5. The third-order valence-corrected chi connectivity index (χ3v) is 3.09. The lowest BCUT2D eigenvalue weighted by Gasteiger charge is -2.11. The summed E-state index contributed by atoms with van der Waals surface area (Å²) in [5, 5.41) is 10.4. The molecule has 3 rings (SSSR count). The first-order chi connectivity index (χ1) is 11.1. The van der Waals surface area contributed by atoms with Gasteiger partial charge in [0.25, 0.3) is 0 Å². The van der Waals surface area contributed by atoms with Crippen LogP contribution in [0, 0.1) is 0 Å². The number of alkyl halides is 2. The Kier molecular flexibility index (Phi) is 4.13. The monoisotopic (exact) mass is 318 g/mol. The van der Waals surface area contributed by atoms with Gasteiger partial charge in [-0.2, -0.15) is 8.78 Å². The summed E-state index contributed by atoms with van der Waals surface area (Å²) in [6.45, 7) is -3.06. The van der Waals surface area contributed by atoms with Crippen molar-refractivity contribution in [2.24, 2.45) is 0 Å². The molecule has 6 nitrogen and oxygen atoms in total. The minimum absolute atomic E-state index is 0.0937. The summed E-state index contributed by atoms with van der Waals surface area (Å²) in [6.07, 6.45) is 0. The zero-order valence-electron chi connectivity index (χ0n) is 11.8. The Balaban J connectivity index is 1.75. The maximum atomic E-state index is 12.4. The molecule has 0 bridgehead atoms. The van der Waals surface area contributed by atoms with Crippen molar-refractivity contribution in [3.05, 3.63) is 48.5 Å². The summed E-state index contributed by atoms with van der Waals surface area (Å²) >= 11 is 0. The van der Waals surface area contributed by atoms with Gasteiger partial charge in [0.2, 0.25) is 5.91 Å². The highest BCUT2D eigenvalue weighted by Crippen LogP contribution is 2.25. The van der Waals surface area contributed by atoms with Crippen LogP contribution in [0.15, 0.2) is 48.5 Å². The van der Waals surface area contributed by atoms with E-state index in [-0.39, 0.29) is 18.0 Å². The van der Waals surface area contributed by atoms with Gasteiger partial charge < -0.3 is 10.1 Å². The van der Waals surface area contributed by atoms with Crippen molar-refractivity contribution >= 4 is 22.6 Å². The van der Waals surface area contributed by atoms with E-state index in [1.165, 1.54) is 22.9 Å². The molecule has 3 aromatic rings. The van der Waals surface area contributed by atoms with Gasteiger partial charge in [0.05, 0.1) is 11.2 Å². The van der Waals surface area contributed by atoms with Crippen LogP contribution in [-0.2, 0) is 11.3 Å². The first-order valence-electron chi connectivity index (χ1n) is 6.75. The number of anilines is 1. The zero-order valence-corrected chi connectivity index (χ0v) is 11.8. The molecule has 0 fully saturated rings. The van der Waals surface area contributed by atoms with Crippen molar-refractivity contribution in [1.29, 1.82) is 0 Å². The predicted octanol–water partition coefficient (Wildman–Crippen LogP) is 2.67. The number of hydrogen-bond donors (Lipinski definition) is 1. The number of para-hydroxylation sites is 3. The summed E-state index contributed by atoms with van der Waals surface area (Å²) in [5.74, 6) is -0.523. The van der Waals surface area contributed by atoms with Crippen LogP contribution >= 0.6 is 0 Å². The number of hydrogen-bond acceptors (Lipinski definition) is 4. The molecule has 0 aliphatic heterocycles. The fourth-order valence-corrected chi connectivity index (χ4v) is 2.13. The first-order valence-corrected chi connectivity index (χ1v) is 6.75. The molecule has 118 valence electrons. The third-order valence-electron chi connectivity index (χ3n) is 3.09. The highest BCUT2D eigenvalue weighted by Gasteiger charge is 2.13. The summed E-state index contributed by atoms with van der Waals surface area (Å²) in [5.41, 5.74) is 1.55. The second-order valence-corrected chi connectivity index (χ2v) is 4.66. The summed E-state index contributed by atoms with van der Waals surface area (Å²) in [6, 6.07) is 13.2. The van der Waals surface area contributed by atoms with Crippen LogP contribution in [0.3, 0.4) is 0 Å². The van der Waals surface area contributed by atoms with Gasteiger partial charge in [0.1, 0.15) is 17.8 Å². The Hall–Kier alpha value is -3.03. The second kappa shape index (κ2) is 6.39. The summed E-state index contributed by atoms with van der Waals surface area (Å²) in [7, 11) is 0. The van der Waals surface area contributed by atoms with Gasteiger partial charge in [-0.3, -0.25) is 4.79 Å². The molecular weight excluding hydrogens is 306 g/mol. The number of ether oxygens (including phenoxy) is 1. The molecule has 2 aromatic carbocycles. The van der Waals surface area contributed by atoms with Crippen LogP contribution < -0.4 is 10.1 Å². The maximum Gasteiger partial charge on any atom is 0.387 e. The summed E-state index contributed by atoms with van der Waals surface area (Å²) < 4.78 is 30.5. The molecule has 0 aliphatic carbocycles. The fourth-order valence-electron chi connectivity index (χ4n) is 2.13. The van der Waals surface area contributed by atoms with E-state index in [0.29, 0.717) is 11.0 Å². The van der Waals surface area contributed by atoms with Crippen LogP contribution in [-0.4, -0.2) is 27.5 Å². The third kappa shape index (κ3) is 3.42. The Morgan fingerprint density at radius 2 is 1.91 bits per heavy atom. The van der Waals surface area contributed by atoms with E-state index in [1.54, 1.807) is 18.2 Å². The molecule has 0 unspecified atom stereocenters. The lowest BCUT2D eigenvalue weighted by molar-refractivity contribution is -0.117. The molecule has 1 N–H and O–H groups in total. The lowest BCUT2D eigenvalue weighted by atomic mass is 10.3. The topological polar surface area (TPSA) is 69.0 Å². The van der Waals surface area contributed by atoms with E-state index in [1.807, 2.05) is 12.1 Å². The molecule has 0 saturated carbocycles. The van der Waals surface area contributed by atoms with Crippen LogP contribution in [0.4, 0.5) is 14.5 Å². The van der Waals surface area contributed by atoms with Crippen LogP contribution in [0.5, 0.6) is 5.75 Å². The first kappa shape index (κ1) is 14.9. The zero-order chi connectivity index (χ0) is 16.2. The van der Waals surface area contributed by atoms with E-state index >= 15 is 0 Å². The van der Waals surface area contributed by atoms with Crippen molar-refractivity contribution < 1.29 is 18.3 Å². The standard InChI is InChI=1S/C15H12F2N4O2/c16-15(17)23-13-8-4-2-6-11(13)18-14(22)9-21-12-7-3-1-5-10(12)19-20-21/h1-8,15H,9H2,(H,18,22). The molecule has 23 heavy (non-hydrogen) atoms. The van der Waals surface area contributed by atoms with Gasteiger partial charge in [0.15, 0.2) is 0 Å². The average molecular weight is 318 g/mol. The van der Waals surface area contributed by atoms with Crippen LogP contribution in [0.25, 0.3) is 11.0 Å². The van der Waals surface area contributed by atoms with Crippen molar-refractivity contribution in [1.82, 2.24) is 15.0 Å². The number of benzene rings is 2. The highest BCUT2D eigenvalue weighted by atomic mass is 19.3. The Labute approximate surface area is 129 Å². The van der Waals surface area contributed by atoms with Crippen molar-refractivity contribution in [3.63, 3.8) is 0 Å². The molecule has 8 heteroatoms. The molecule has 0 radical (unpaired) electrons. The van der Waals surface area contributed by atoms with E-state index in [0.717, 1.165) is 0 Å². The Bertz CT molecular complexity index is 835. The molecular formula is C15H12F2N4O2. The number of carbonyl (C=O) groups excluding carboxylic acids is 1. The van der Waals surface area contributed by atoms with Crippen molar-refractivity contribution in [2.45, 2.75) is 13.2 Å². The minimum atomic E-state index is -2.97. The predicted molar refractivity (Wildman–Crippen MR) is 79.2 cm³/mol. The van der Waals surface area contributed by atoms with Gasteiger partial charge >= 0.3 is 6.61 Å². The smallest absolute Gasteiger partial charge is 0.387 e. The minimum Gasteiger partial charge on any atom is -0.433 e. The van der Waals surface area contributed by atoms with Crippen LogP contribution in [0.2, 0.25) is 0 Å². The molecule has 1 aromatic heterocycles. The van der Waals surface area contributed by atoms with E-state index in [2.05, 4.69) is 20.4 Å². The summed E-state index contributed by atoms with van der Waals surface area (Å²) in [4.78, 5) is 12.1. The maximum absolute atomic E-state index is 12.4. The van der Waals surface area contributed by atoms with Gasteiger partial charge in [-0.25, -0.2) is 4.68 Å². The number of halogens is 2. The Morgan fingerprint density at radius 3 is 2.74 bits per heavy atom. The van der Waals surface area contributed by atoms with Gasteiger partial charge in [-0.1, -0.05) is 29.5 Å². The molecule has 0 atom stereocenters. The van der Waals surface area contributed by atoms with E-state index < -0.39 is 12.5 Å². The molecule has 0 saturated heterocycles. The molecule has 0 spiro atoms. The Morgan fingerprint density at radius 1 is 1.17 bits per heavy atom. The van der Waals surface area contributed by atoms with Crippen LogP contribution in [0.1, 0.15) is 0 Å². The van der Waals surface area contributed by atoms with E-state index in [9.17, 15) is 13.6 Å². The number of nitrogens with one attached hydrogen (secondary N) is 1. The van der Waals surface area contributed by atoms with Gasteiger partial charge in [-0.15, -0.1) is 5.10 Å².